The zero-order valence-corrected chi connectivity index (χ0v) is 14.8. The van der Waals surface area contributed by atoms with Crippen LogP contribution in [0.5, 0.6) is 0 Å². The third-order valence-electron chi connectivity index (χ3n) is 3.71. The first-order valence-corrected chi connectivity index (χ1v) is 9.14. The van der Waals surface area contributed by atoms with Gasteiger partial charge in [0.1, 0.15) is 0 Å². The molecular formula is C17H18ClNS2. The van der Waals surface area contributed by atoms with Gasteiger partial charge in [-0.3, -0.25) is 0 Å². The maximum atomic E-state index is 6.24. The molecule has 110 valence electrons. The molecule has 21 heavy (non-hydrogen) atoms. The van der Waals surface area contributed by atoms with Crippen molar-refractivity contribution in [3.8, 4) is 0 Å². The minimum absolute atomic E-state index is 0.246. The second kappa shape index (κ2) is 6.09. The second-order valence-corrected chi connectivity index (χ2v) is 7.72. The fraction of sp³-hybridized carbons (Fsp3) is 0.294. The van der Waals surface area contributed by atoms with E-state index >= 15 is 0 Å². The zero-order chi connectivity index (χ0) is 15.0. The van der Waals surface area contributed by atoms with Crippen LogP contribution in [0, 0.1) is 13.8 Å². The van der Waals surface area contributed by atoms with Crippen molar-refractivity contribution in [3.05, 3.63) is 56.2 Å². The van der Waals surface area contributed by atoms with Gasteiger partial charge in [0, 0.05) is 19.3 Å². The number of aryl methyl sites for hydroxylation is 2. The highest BCUT2D eigenvalue weighted by molar-refractivity contribution is 7.27. The summed E-state index contributed by atoms with van der Waals surface area (Å²) in [4.78, 5) is 1.38. The van der Waals surface area contributed by atoms with E-state index in [4.69, 9.17) is 11.6 Å². The maximum absolute atomic E-state index is 6.24. The van der Waals surface area contributed by atoms with Gasteiger partial charge in [-0.1, -0.05) is 24.6 Å². The molecule has 2 heterocycles. The Balaban J connectivity index is 2.09. The van der Waals surface area contributed by atoms with E-state index in [0.717, 1.165) is 17.1 Å². The summed E-state index contributed by atoms with van der Waals surface area (Å²) >= 11 is 9.94. The van der Waals surface area contributed by atoms with Crippen LogP contribution >= 0.6 is 34.3 Å². The molecule has 3 aromatic rings. The van der Waals surface area contributed by atoms with Gasteiger partial charge in [-0.05, 0) is 60.7 Å². The van der Waals surface area contributed by atoms with Crippen LogP contribution in [0.25, 0.3) is 9.40 Å². The van der Waals surface area contributed by atoms with Crippen LogP contribution in [0.15, 0.2) is 29.6 Å². The molecule has 0 aliphatic carbocycles. The molecule has 1 nitrogen and oxygen atoms in total. The summed E-state index contributed by atoms with van der Waals surface area (Å²) in [6, 6.07) is 9.07. The number of halogens is 1. The molecule has 0 bridgehead atoms. The molecule has 1 aromatic carbocycles. The summed E-state index contributed by atoms with van der Waals surface area (Å²) in [5, 5.41) is 6.63. The number of thiophene rings is 2. The van der Waals surface area contributed by atoms with E-state index in [-0.39, 0.29) is 6.04 Å². The van der Waals surface area contributed by atoms with Crippen molar-refractivity contribution in [2.45, 2.75) is 26.8 Å². The van der Waals surface area contributed by atoms with Crippen molar-refractivity contribution in [3.63, 3.8) is 0 Å². The van der Waals surface area contributed by atoms with Gasteiger partial charge in [0.2, 0.25) is 0 Å². The summed E-state index contributed by atoms with van der Waals surface area (Å²) in [5.41, 5.74) is 3.71. The highest BCUT2D eigenvalue weighted by atomic mass is 35.5. The van der Waals surface area contributed by atoms with E-state index in [1.165, 1.54) is 25.4 Å². The van der Waals surface area contributed by atoms with Gasteiger partial charge in [-0.15, -0.1) is 22.7 Å². The van der Waals surface area contributed by atoms with E-state index in [1.54, 1.807) is 0 Å². The molecule has 4 heteroatoms. The predicted octanol–water partition coefficient (Wildman–Crippen LogP) is 5.93. The van der Waals surface area contributed by atoms with Gasteiger partial charge >= 0.3 is 0 Å². The van der Waals surface area contributed by atoms with Crippen molar-refractivity contribution in [2.24, 2.45) is 0 Å². The smallest absolute Gasteiger partial charge is 0.0674 e. The Hall–Kier alpha value is -0.870. The summed E-state index contributed by atoms with van der Waals surface area (Å²) in [7, 11) is 0. The minimum atomic E-state index is 0.246. The quantitative estimate of drug-likeness (QED) is 0.622. The van der Waals surface area contributed by atoms with E-state index < -0.39 is 0 Å². The molecule has 1 unspecified atom stereocenters. The number of hydrogen-bond donors (Lipinski definition) is 1. The highest BCUT2D eigenvalue weighted by Gasteiger charge is 2.19. The lowest BCUT2D eigenvalue weighted by atomic mass is 9.97. The van der Waals surface area contributed by atoms with Crippen molar-refractivity contribution in [1.29, 1.82) is 0 Å². The Kier molecular flexibility index (Phi) is 4.36. The summed E-state index contributed by atoms with van der Waals surface area (Å²) in [5.74, 6) is 0. The standard InChI is InChI=1S/C17H18ClNS2/c1-4-19-17(12-7-11(3)13(18)8-10(12)2)16-9-15-14(21-16)5-6-20-15/h5-9,17,19H,4H2,1-3H3. The van der Waals surface area contributed by atoms with Crippen molar-refractivity contribution >= 4 is 43.7 Å². The van der Waals surface area contributed by atoms with Gasteiger partial charge in [0.25, 0.3) is 0 Å². The fourth-order valence-electron chi connectivity index (χ4n) is 2.61. The molecule has 3 rings (SSSR count). The zero-order valence-electron chi connectivity index (χ0n) is 12.4. The lowest BCUT2D eigenvalue weighted by Crippen LogP contribution is -2.22. The largest absolute Gasteiger partial charge is 0.306 e. The van der Waals surface area contributed by atoms with Crippen LogP contribution in [0.3, 0.4) is 0 Å². The molecule has 2 aromatic heterocycles. The fourth-order valence-corrected chi connectivity index (χ4v) is 5.04. The van der Waals surface area contributed by atoms with Crippen LogP contribution in [0.2, 0.25) is 5.02 Å². The number of hydrogen-bond acceptors (Lipinski definition) is 3. The Labute approximate surface area is 138 Å². The van der Waals surface area contributed by atoms with Crippen LogP contribution in [0.1, 0.15) is 34.5 Å². The lowest BCUT2D eigenvalue weighted by molar-refractivity contribution is 0.636. The number of fused-ring (bicyclic) bond motifs is 1. The Morgan fingerprint density at radius 2 is 1.95 bits per heavy atom. The molecule has 0 radical (unpaired) electrons. The first kappa shape index (κ1) is 15.0. The topological polar surface area (TPSA) is 12.0 Å². The molecule has 1 N–H and O–H groups in total. The Morgan fingerprint density at radius 1 is 1.14 bits per heavy atom. The third-order valence-corrected chi connectivity index (χ3v) is 6.27. The van der Waals surface area contributed by atoms with E-state index in [1.807, 2.05) is 22.7 Å². The van der Waals surface area contributed by atoms with Crippen LogP contribution in [-0.4, -0.2) is 6.54 Å². The molecule has 0 aliphatic heterocycles. The van der Waals surface area contributed by atoms with Gasteiger partial charge in [0.15, 0.2) is 0 Å². The van der Waals surface area contributed by atoms with E-state index in [0.29, 0.717) is 0 Å². The average molecular weight is 336 g/mol. The summed E-state index contributed by atoms with van der Waals surface area (Å²) in [6.45, 7) is 7.31. The van der Waals surface area contributed by atoms with Crippen LogP contribution in [-0.2, 0) is 0 Å². The van der Waals surface area contributed by atoms with Crippen molar-refractivity contribution in [2.75, 3.05) is 6.54 Å². The first-order chi connectivity index (χ1) is 10.1. The molecule has 1 atom stereocenters. The monoisotopic (exact) mass is 335 g/mol. The Morgan fingerprint density at radius 3 is 2.67 bits per heavy atom. The normalized spacial score (nSPS) is 13.0. The van der Waals surface area contributed by atoms with Crippen LogP contribution in [0.4, 0.5) is 0 Å². The summed E-state index contributed by atoms with van der Waals surface area (Å²) < 4.78 is 2.75. The third kappa shape index (κ3) is 2.88. The lowest BCUT2D eigenvalue weighted by Gasteiger charge is -2.20. The van der Waals surface area contributed by atoms with Gasteiger partial charge in [-0.25, -0.2) is 0 Å². The first-order valence-electron chi connectivity index (χ1n) is 7.07. The number of rotatable bonds is 4. The van der Waals surface area contributed by atoms with E-state index in [9.17, 15) is 0 Å². The average Bonchev–Trinajstić information content (AvgIpc) is 3.01. The molecule has 0 saturated carbocycles. The molecule has 0 saturated heterocycles. The number of nitrogens with one attached hydrogen (secondary N) is 1. The SMILES string of the molecule is CCNC(c1cc2sccc2s1)c1cc(C)c(Cl)cc1C. The highest BCUT2D eigenvalue weighted by Crippen LogP contribution is 2.37. The Bertz CT molecular complexity index is 744. The van der Waals surface area contributed by atoms with E-state index in [2.05, 4.69) is 55.7 Å². The number of benzene rings is 1. The van der Waals surface area contributed by atoms with Gasteiger partial charge in [0.05, 0.1) is 6.04 Å². The maximum Gasteiger partial charge on any atom is 0.0674 e. The summed E-state index contributed by atoms with van der Waals surface area (Å²) in [6.07, 6.45) is 0. The van der Waals surface area contributed by atoms with Crippen LogP contribution < -0.4 is 5.32 Å². The second-order valence-electron chi connectivity index (χ2n) is 5.25. The molecule has 0 spiro atoms. The molecule has 0 amide bonds. The molecular weight excluding hydrogens is 318 g/mol. The predicted molar refractivity (Wildman–Crippen MR) is 96.1 cm³/mol. The van der Waals surface area contributed by atoms with Gasteiger partial charge in [-0.2, -0.15) is 0 Å². The molecule has 0 aliphatic rings. The van der Waals surface area contributed by atoms with Crippen molar-refractivity contribution in [1.82, 2.24) is 5.32 Å². The van der Waals surface area contributed by atoms with Crippen molar-refractivity contribution < 1.29 is 0 Å². The molecule has 0 fully saturated rings. The minimum Gasteiger partial charge on any atom is -0.306 e. The van der Waals surface area contributed by atoms with Gasteiger partial charge < -0.3 is 5.32 Å².